The number of aliphatic hydroxyl groups is 13. The van der Waals surface area contributed by atoms with Crippen molar-refractivity contribution in [3.63, 3.8) is 0 Å². The molecule has 0 aromatic rings. The van der Waals surface area contributed by atoms with Crippen LogP contribution in [0.3, 0.4) is 0 Å². The van der Waals surface area contributed by atoms with Gasteiger partial charge in [0, 0.05) is 23.7 Å². The summed E-state index contributed by atoms with van der Waals surface area (Å²) in [6.45, 7) is 6.44. The Hall–Kier alpha value is -0.800. The van der Waals surface area contributed by atoms with Crippen LogP contribution < -0.4 is 0 Å². The molecular weight excluding hydrogens is 860 g/mol. The van der Waals surface area contributed by atoms with Crippen LogP contribution in [0.5, 0.6) is 0 Å². The van der Waals surface area contributed by atoms with Crippen molar-refractivity contribution in [3.8, 4) is 0 Å². The summed E-state index contributed by atoms with van der Waals surface area (Å²) in [5, 5.41) is 139. The molecule has 8 fully saturated rings. The van der Waals surface area contributed by atoms with Gasteiger partial charge in [-0.1, -0.05) is 27.7 Å². The molecule has 0 aromatic heterocycles. The molecule has 13 N–H and O–H groups in total. The van der Waals surface area contributed by atoms with Gasteiger partial charge in [-0.25, -0.2) is 0 Å². The molecule has 28 atom stereocenters. The van der Waals surface area contributed by atoms with Crippen molar-refractivity contribution in [2.45, 2.75) is 202 Å². The van der Waals surface area contributed by atoms with Gasteiger partial charge in [0.1, 0.15) is 73.2 Å². The number of rotatable bonds is 13. The van der Waals surface area contributed by atoms with Crippen LogP contribution in [0.1, 0.15) is 85.5 Å². The monoisotopic (exact) mass is 936 g/mol. The normalized spacial score (nSPS) is 56.1. The Morgan fingerprint density at radius 1 is 0.646 bits per heavy atom. The minimum Gasteiger partial charge on any atom is -0.394 e. The molecule has 4 heterocycles. The molecule has 4 aliphatic carbocycles. The summed E-state index contributed by atoms with van der Waals surface area (Å²) in [6, 6.07) is 0. The second-order valence-corrected chi connectivity index (χ2v) is 21.5. The maximum Gasteiger partial charge on any atom is 0.187 e. The van der Waals surface area contributed by atoms with Gasteiger partial charge in [-0.15, -0.1) is 0 Å². The van der Waals surface area contributed by atoms with Crippen LogP contribution in [0.2, 0.25) is 0 Å². The van der Waals surface area contributed by atoms with E-state index in [9.17, 15) is 66.4 Å². The van der Waals surface area contributed by atoms with E-state index < -0.39 is 135 Å². The molecule has 65 heavy (non-hydrogen) atoms. The Morgan fingerprint density at radius 3 is 1.86 bits per heavy atom. The van der Waals surface area contributed by atoms with Gasteiger partial charge >= 0.3 is 0 Å². The summed E-state index contributed by atoms with van der Waals surface area (Å²) in [4.78, 5) is 0. The van der Waals surface area contributed by atoms with E-state index in [1.165, 1.54) is 0 Å². The fourth-order valence-corrected chi connectivity index (χ4v) is 14.2. The lowest BCUT2D eigenvalue weighted by Crippen LogP contribution is -2.66. The van der Waals surface area contributed by atoms with Gasteiger partial charge < -0.3 is 99.5 Å². The summed E-state index contributed by atoms with van der Waals surface area (Å²) in [5.74, 6) is -1.58. The van der Waals surface area contributed by atoms with Gasteiger partial charge in [0.2, 0.25) is 0 Å². The summed E-state index contributed by atoms with van der Waals surface area (Å²) in [5.41, 5.74) is -0.777. The van der Waals surface area contributed by atoms with E-state index in [1.54, 1.807) is 0 Å². The number of fused-ring (bicyclic) bond motifs is 7. The standard InChI is InChI=1S/C45H76O20/c1-18(17-59-40-36(55)34(53)31(50)26(14-46)60-40)7-10-45(58)19(2)30-25(65-45)12-24-22-6-5-20-11-21(49)8-9-43(20,3)23(22)13-29(44(24,30)4)63-42-38(57)39(33(52)28(16-48)62-42)64-41-37(56)35(54)32(51)27(15-47)61-41/h18-42,46-58H,5-17H2,1-4H3/t18-,19-,20+,21-,22+,23-,24-,25-,26+,27+,28+,29?,30-,31+,32+,33+,34-,35-,36+,37+,38+,39-,40+,41-,42-,43-,44+,45+/m0/s1. The molecule has 4 aliphatic heterocycles. The van der Waals surface area contributed by atoms with Gasteiger partial charge in [-0.05, 0) is 86.4 Å². The van der Waals surface area contributed by atoms with Crippen LogP contribution in [0.25, 0.3) is 0 Å². The van der Waals surface area contributed by atoms with E-state index in [0.717, 1.165) is 25.7 Å². The molecule has 4 saturated carbocycles. The Balaban J connectivity index is 1.03. The lowest BCUT2D eigenvalue weighted by molar-refractivity contribution is -0.370. The Morgan fingerprint density at radius 2 is 1.23 bits per heavy atom. The number of ether oxygens (including phenoxy) is 7. The van der Waals surface area contributed by atoms with E-state index in [0.29, 0.717) is 31.6 Å². The third-order valence-electron chi connectivity index (χ3n) is 18.1. The van der Waals surface area contributed by atoms with Crippen LogP contribution in [0.4, 0.5) is 0 Å². The van der Waals surface area contributed by atoms with Gasteiger partial charge in [0.25, 0.3) is 0 Å². The van der Waals surface area contributed by atoms with Crippen molar-refractivity contribution in [3.05, 3.63) is 0 Å². The van der Waals surface area contributed by atoms with E-state index in [2.05, 4.69) is 13.8 Å². The molecule has 20 heteroatoms. The quantitative estimate of drug-likeness (QED) is 0.0829. The largest absolute Gasteiger partial charge is 0.394 e. The molecule has 0 radical (unpaired) electrons. The van der Waals surface area contributed by atoms with Crippen LogP contribution in [-0.4, -0.2) is 209 Å². The fourth-order valence-electron chi connectivity index (χ4n) is 14.2. The first-order chi connectivity index (χ1) is 30.7. The summed E-state index contributed by atoms with van der Waals surface area (Å²) in [7, 11) is 0. The third kappa shape index (κ3) is 8.78. The average molecular weight is 937 g/mol. The molecule has 0 spiro atoms. The van der Waals surface area contributed by atoms with Gasteiger partial charge in [0.05, 0.1) is 44.7 Å². The molecule has 0 bridgehead atoms. The highest BCUT2D eigenvalue weighted by atomic mass is 16.7. The van der Waals surface area contributed by atoms with Gasteiger partial charge in [-0.2, -0.15) is 0 Å². The number of hydrogen-bond donors (Lipinski definition) is 13. The maximum absolute atomic E-state index is 12.4. The predicted molar refractivity (Wildman–Crippen MR) is 220 cm³/mol. The van der Waals surface area contributed by atoms with E-state index in [-0.39, 0.29) is 60.2 Å². The number of hydrogen-bond acceptors (Lipinski definition) is 20. The summed E-state index contributed by atoms with van der Waals surface area (Å²) >= 11 is 0. The van der Waals surface area contributed by atoms with Gasteiger partial charge in [0.15, 0.2) is 24.7 Å². The van der Waals surface area contributed by atoms with E-state index in [1.807, 2.05) is 13.8 Å². The highest BCUT2D eigenvalue weighted by Gasteiger charge is 2.72. The summed E-state index contributed by atoms with van der Waals surface area (Å²) in [6.07, 6.45) is -18.4. The van der Waals surface area contributed by atoms with E-state index in [4.69, 9.17) is 33.2 Å². The highest BCUT2D eigenvalue weighted by Crippen LogP contribution is 2.71. The predicted octanol–water partition coefficient (Wildman–Crippen LogP) is -2.81. The lowest BCUT2D eigenvalue weighted by atomic mass is 9.43. The topological polar surface area (TPSA) is 328 Å². The first kappa shape index (κ1) is 50.6. The lowest BCUT2D eigenvalue weighted by Gasteiger charge is -2.63. The highest BCUT2D eigenvalue weighted by molar-refractivity contribution is 5.18. The van der Waals surface area contributed by atoms with Crippen molar-refractivity contribution >= 4 is 0 Å². The SMILES string of the molecule is C[C@@H](CC[C@@]1(O)O[C@H]2C[C@H]3[C@@H]4CC[C@@H]5C[C@@H](O)CC[C@]5(C)[C@H]4CC(O[C@@H]4O[C@H](CO)[C@@H](O)[C@H](O[C@@H]5O[C@H](CO)[C@@H](O)[C@H](O)[C@H]5O)[C@H]4O)[C@]3(C)[C@H]2[C@@H]1C)CO[C@@H]1O[C@H](CO)[C@@H](O)[C@H](O)[C@H]1O. The van der Waals surface area contributed by atoms with Crippen molar-refractivity contribution in [1.82, 2.24) is 0 Å². The van der Waals surface area contributed by atoms with Crippen LogP contribution in [-0.2, 0) is 33.2 Å². The van der Waals surface area contributed by atoms with Crippen molar-refractivity contribution in [2.24, 2.45) is 52.3 Å². The summed E-state index contributed by atoms with van der Waals surface area (Å²) < 4.78 is 42.7. The molecule has 20 nitrogen and oxygen atoms in total. The van der Waals surface area contributed by atoms with Gasteiger partial charge in [-0.3, -0.25) is 0 Å². The van der Waals surface area contributed by atoms with Crippen LogP contribution in [0.15, 0.2) is 0 Å². The smallest absolute Gasteiger partial charge is 0.187 e. The molecule has 0 aromatic carbocycles. The Kier molecular flexibility index (Phi) is 15.1. The van der Waals surface area contributed by atoms with Crippen LogP contribution in [0, 0.1) is 52.3 Å². The minimum atomic E-state index is -1.83. The zero-order chi connectivity index (χ0) is 47.1. The molecule has 0 amide bonds. The Bertz CT molecular complexity index is 1600. The average Bonchev–Trinajstić information content (AvgIpc) is 3.72. The molecule has 376 valence electrons. The second-order valence-electron chi connectivity index (χ2n) is 21.5. The number of aliphatic hydroxyl groups excluding tert-OH is 12. The first-order valence-corrected chi connectivity index (χ1v) is 24.0. The third-order valence-corrected chi connectivity index (χ3v) is 18.1. The molecule has 8 rings (SSSR count). The Labute approximate surface area is 379 Å². The minimum absolute atomic E-state index is 0.0601. The zero-order valence-corrected chi connectivity index (χ0v) is 37.8. The fraction of sp³-hybridized carbons (Fsp3) is 1.00. The molecule has 1 unspecified atom stereocenters. The zero-order valence-electron chi connectivity index (χ0n) is 37.8. The van der Waals surface area contributed by atoms with Crippen LogP contribution >= 0.6 is 0 Å². The van der Waals surface area contributed by atoms with Crippen molar-refractivity contribution < 1.29 is 99.5 Å². The van der Waals surface area contributed by atoms with E-state index >= 15 is 0 Å². The first-order valence-electron chi connectivity index (χ1n) is 24.0. The molecule has 4 saturated heterocycles. The second kappa shape index (κ2) is 19.4. The molecular formula is C45H76O20. The van der Waals surface area contributed by atoms with Crippen molar-refractivity contribution in [2.75, 3.05) is 26.4 Å². The molecule has 8 aliphatic rings. The maximum atomic E-state index is 12.4. The van der Waals surface area contributed by atoms with Crippen molar-refractivity contribution in [1.29, 1.82) is 0 Å².